The van der Waals surface area contributed by atoms with E-state index in [9.17, 15) is 4.79 Å². The second-order valence-corrected chi connectivity index (χ2v) is 7.27. The number of hydrogen-bond acceptors (Lipinski definition) is 3. The van der Waals surface area contributed by atoms with E-state index in [1.54, 1.807) is 0 Å². The summed E-state index contributed by atoms with van der Waals surface area (Å²) in [6.07, 6.45) is 7.16. The molecule has 4 nitrogen and oxygen atoms in total. The van der Waals surface area contributed by atoms with Crippen molar-refractivity contribution in [3.63, 3.8) is 0 Å². The number of hydrogen-bond donors (Lipinski definition) is 1. The molecule has 24 heavy (non-hydrogen) atoms. The highest BCUT2D eigenvalue weighted by Crippen LogP contribution is 2.20. The van der Waals surface area contributed by atoms with E-state index >= 15 is 0 Å². The highest BCUT2D eigenvalue weighted by Gasteiger charge is 2.20. The smallest absolute Gasteiger partial charge is 0.253 e. The topological polar surface area (TPSA) is 41.6 Å². The first-order chi connectivity index (χ1) is 11.7. The third kappa shape index (κ3) is 4.81. The van der Waals surface area contributed by atoms with Crippen LogP contribution in [0.2, 0.25) is 0 Å². The van der Waals surface area contributed by atoms with E-state index in [1.165, 1.54) is 24.8 Å². The highest BCUT2D eigenvalue weighted by molar-refractivity contribution is 5.94. The maximum atomic E-state index is 12.7. The third-order valence-electron chi connectivity index (χ3n) is 5.26. The number of carbonyl (C=O) groups excluding carboxylic acids is 1. The van der Waals surface area contributed by atoms with Gasteiger partial charge in [0.05, 0.1) is 6.10 Å². The van der Waals surface area contributed by atoms with Gasteiger partial charge in [0.25, 0.3) is 5.91 Å². The molecule has 0 radical (unpaired) electrons. The number of ether oxygens (including phenoxy) is 1. The number of rotatable bonds is 5. The molecule has 2 aliphatic heterocycles. The second kappa shape index (κ2) is 8.63. The molecule has 1 amide bonds. The fourth-order valence-corrected chi connectivity index (χ4v) is 3.81. The molecule has 2 fully saturated rings. The molecule has 0 bridgehead atoms. The Hall–Kier alpha value is -1.39. The van der Waals surface area contributed by atoms with Crippen molar-refractivity contribution in [3.8, 4) is 0 Å². The van der Waals surface area contributed by atoms with Crippen LogP contribution < -0.4 is 5.32 Å². The molecule has 1 aromatic carbocycles. The number of nitrogens with zero attached hydrogens (tertiary/aromatic N) is 1. The maximum absolute atomic E-state index is 12.7. The van der Waals surface area contributed by atoms with Gasteiger partial charge >= 0.3 is 0 Å². The third-order valence-corrected chi connectivity index (χ3v) is 5.26. The van der Waals surface area contributed by atoms with Crippen LogP contribution in [0.5, 0.6) is 0 Å². The lowest BCUT2D eigenvalue weighted by Crippen LogP contribution is -2.37. The SMILES string of the molecule is CN(C[C@H]1CCCCO1)C(=O)c1cccc(CC2CCNCC2)c1. The first kappa shape index (κ1) is 17.4. The lowest BCUT2D eigenvalue weighted by molar-refractivity contribution is -0.000188. The summed E-state index contributed by atoms with van der Waals surface area (Å²) in [6, 6.07) is 8.20. The standard InChI is InChI=1S/C20H30N2O2/c1-22(15-19-7-2-3-12-24-19)20(23)18-6-4-5-17(14-18)13-16-8-10-21-11-9-16/h4-6,14,16,19,21H,2-3,7-13,15H2,1H3/t19-/m1/s1. The van der Waals surface area contributed by atoms with Gasteiger partial charge in [-0.25, -0.2) is 0 Å². The van der Waals surface area contributed by atoms with Crippen molar-refractivity contribution in [1.82, 2.24) is 10.2 Å². The van der Waals surface area contributed by atoms with Crippen LogP contribution in [-0.4, -0.2) is 50.2 Å². The van der Waals surface area contributed by atoms with Gasteiger partial charge in [-0.05, 0) is 75.2 Å². The van der Waals surface area contributed by atoms with Crippen molar-refractivity contribution in [2.24, 2.45) is 5.92 Å². The van der Waals surface area contributed by atoms with Crippen LogP contribution in [0.25, 0.3) is 0 Å². The van der Waals surface area contributed by atoms with E-state index < -0.39 is 0 Å². The second-order valence-electron chi connectivity index (χ2n) is 7.27. The number of piperidine rings is 1. The van der Waals surface area contributed by atoms with Crippen molar-refractivity contribution < 1.29 is 9.53 Å². The fourth-order valence-electron chi connectivity index (χ4n) is 3.81. The summed E-state index contributed by atoms with van der Waals surface area (Å²) >= 11 is 0. The van der Waals surface area contributed by atoms with Gasteiger partial charge in [0.1, 0.15) is 0 Å². The van der Waals surface area contributed by atoms with Crippen molar-refractivity contribution in [2.45, 2.75) is 44.6 Å². The Bertz CT molecular complexity index is 534. The molecule has 132 valence electrons. The van der Waals surface area contributed by atoms with Crippen LogP contribution in [0.3, 0.4) is 0 Å². The zero-order valence-electron chi connectivity index (χ0n) is 14.8. The molecule has 1 N–H and O–H groups in total. The monoisotopic (exact) mass is 330 g/mol. The molecule has 3 rings (SSSR count). The van der Waals surface area contributed by atoms with Crippen molar-refractivity contribution >= 4 is 5.91 Å². The highest BCUT2D eigenvalue weighted by atomic mass is 16.5. The van der Waals surface area contributed by atoms with E-state index in [1.807, 2.05) is 24.1 Å². The minimum atomic E-state index is 0.108. The minimum Gasteiger partial charge on any atom is -0.376 e. The normalized spacial score (nSPS) is 22.3. The Morgan fingerprint density at radius 2 is 2.08 bits per heavy atom. The molecule has 1 atom stereocenters. The van der Waals surface area contributed by atoms with E-state index in [2.05, 4.69) is 17.4 Å². The molecule has 0 saturated carbocycles. The molecule has 0 aliphatic carbocycles. The Balaban J connectivity index is 1.58. The van der Waals surface area contributed by atoms with E-state index in [0.717, 1.165) is 50.4 Å². The van der Waals surface area contributed by atoms with Crippen LogP contribution in [0, 0.1) is 5.92 Å². The molecule has 2 saturated heterocycles. The first-order valence-electron chi connectivity index (χ1n) is 9.39. The molecule has 2 aliphatic rings. The Labute approximate surface area is 145 Å². The summed E-state index contributed by atoms with van der Waals surface area (Å²) < 4.78 is 5.76. The van der Waals surface area contributed by atoms with Crippen molar-refractivity contribution in [2.75, 3.05) is 33.3 Å². The number of likely N-dealkylation sites (N-methyl/N-ethyl adjacent to an activating group) is 1. The van der Waals surface area contributed by atoms with Crippen LogP contribution in [0.15, 0.2) is 24.3 Å². The largest absolute Gasteiger partial charge is 0.376 e. The lowest BCUT2D eigenvalue weighted by atomic mass is 9.90. The van der Waals surface area contributed by atoms with Gasteiger partial charge in [0.2, 0.25) is 0 Å². The first-order valence-corrected chi connectivity index (χ1v) is 9.39. The summed E-state index contributed by atoms with van der Waals surface area (Å²) in [5, 5.41) is 3.41. The minimum absolute atomic E-state index is 0.108. The predicted octanol–water partition coefficient (Wildman–Crippen LogP) is 2.87. The predicted molar refractivity (Wildman–Crippen MR) is 96.3 cm³/mol. The molecule has 0 aromatic heterocycles. The fraction of sp³-hybridized carbons (Fsp3) is 0.650. The van der Waals surface area contributed by atoms with E-state index in [-0.39, 0.29) is 12.0 Å². The Morgan fingerprint density at radius 3 is 2.83 bits per heavy atom. The van der Waals surface area contributed by atoms with Crippen LogP contribution in [0.1, 0.15) is 48.0 Å². The molecule has 1 aromatic rings. The lowest BCUT2D eigenvalue weighted by Gasteiger charge is -2.27. The number of amides is 1. The van der Waals surface area contributed by atoms with Gasteiger partial charge in [-0.15, -0.1) is 0 Å². The van der Waals surface area contributed by atoms with Crippen molar-refractivity contribution in [1.29, 1.82) is 0 Å². The molecule has 0 unspecified atom stereocenters. The Morgan fingerprint density at radius 1 is 1.25 bits per heavy atom. The summed E-state index contributed by atoms with van der Waals surface area (Å²) in [7, 11) is 1.89. The molecular weight excluding hydrogens is 300 g/mol. The van der Waals surface area contributed by atoms with Gasteiger partial charge in [-0.3, -0.25) is 4.79 Å². The van der Waals surface area contributed by atoms with Crippen LogP contribution in [-0.2, 0) is 11.2 Å². The van der Waals surface area contributed by atoms with E-state index in [4.69, 9.17) is 4.74 Å². The van der Waals surface area contributed by atoms with Crippen LogP contribution >= 0.6 is 0 Å². The zero-order chi connectivity index (χ0) is 16.8. The summed E-state index contributed by atoms with van der Waals surface area (Å²) in [4.78, 5) is 14.5. The van der Waals surface area contributed by atoms with E-state index in [0.29, 0.717) is 6.54 Å². The average Bonchev–Trinajstić information content (AvgIpc) is 2.63. The van der Waals surface area contributed by atoms with Crippen LogP contribution in [0.4, 0.5) is 0 Å². The van der Waals surface area contributed by atoms with Gasteiger partial charge in [0, 0.05) is 25.8 Å². The Kier molecular flexibility index (Phi) is 6.27. The summed E-state index contributed by atoms with van der Waals surface area (Å²) in [5.74, 6) is 0.848. The number of carbonyl (C=O) groups is 1. The average molecular weight is 330 g/mol. The molecule has 2 heterocycles. The van der Waals surface area contributed by atoms with Gasteiger partial charge in [0.15, 0.2) is 0 Å². The van der Waals surface area contributed by atoms with Gasteiger partial charge in [-0.1, -0.05) is 12.1 Å². The maximum Gasteiger partial charge on any atom is 0.253 e. The van der Waals surface area contributed by atoms with Gasteiger partial charge in [-0.2, -0.15) is 0 Å². The molecule has 0 spiro atoms. The number of nitrogens with one attached hydrogen (secondary N) is 1. The summed E-state index contributed by atoms with van der Waals surface area (Å²) in [5.41, 5.74) is 2.09. The summed E-state index contributed by atoms with van der Waals surface area (Å²) in [6.45, 7) is 3.76. The molecule has 4 heteroatoms. The quantitative estimate of drug-likeness (QED) is 0.902. The van der Waals surface area contributed by atoms with Crippen molar-refractivity contribution in [3.05, 3.63) is 35.4 Å². The zero-order valence-corrected chi connectivity index (χ0v) is 14.8. The number of benzene rings is 1. The van der Waals surface area contributed by atoms with Gasteiger partial charge < -0.3 is 15.0 Å². The molecular formula is C20H30N2O2.